The lowest BCUT2D eigenvalue weighted by atomic mass is 9.86. The Morgan fingerprint density at radius 2 is 1.73 bits per heavy atom. The lowest BCUT2D eigenvalue weighted by Crippen LogP contribution is -2.28. The van der Waals surface area contributed by atoms with E-state index in [1.807, 2.05) is 12.1 Å². The van der Waals surface area contributed by atoms with Crippen LogP contribution in [0.15, 0.2) is 24.3 Å². The van der Waals surface area contributed by atoms with Crippen molar-refractivity contribution in [2.75, 3.05) is 0 Å². The number of phenols is 1. The monoisotopic (exact) mass is 207 g/mol. The third-order valence-electron chi connectivity index (χ3n) is 2.31. The van der Waals surface area contributed by atoms with Gasteiger partial charge < -0.3 is 10.8 Å². The molecule has 1 aromatic rings. The van der Waals surface area contributed by atoms with Crippen LogP contribution >= 0.6 is 0 Å². The van der Waals surface area contributed by atoms with Gasteiger partial charge in [0.25, 0.3) is 0 Å². The minimum absolute atomic E-state index is 0.189. The van der Waals surface area contributed by atoms with E-state index in [4.69, 9.17) is 10.8 Å². The highest BCUT2D eigenvalue weighted by molar-refractivity contribution is 5.26. The van der Waals surface area contributed by atoms with Crippen LogP contribution in [-0.4, -0.2) is 11.1 Å². The maximum Gasteiger partial charge on any atom is 0.115 e. The first-order valence-electron chi connectivity index (χ1n) is 5.40. The van der Waals surface area contributed by atoms with E-state index in [2.05, 4.69) is 20.8 Å². The Morgan fingerprint density at radius 3 is 2.20 bits per heavy atom. The Bertz CT molecular complexity index is 297. The molecule has 0 saturated heterocycles. The van der Waals surface area contributed by atoms with Crippen molar-refractivity contribution in [3.8, 4) is 5.75 Å². The zero-order chi connectivity index (χ0) is 11.5. The van der Waals surface area contributed by atoms with Gasteiger partial charge >= 0.3 is 0 Å². The van der Waals surface area contributed by atoms with Gasteiger partial charge in [-0.25, -0.2) is 0 Å². The summed E-state index contributed by atoms with van der Waals surface area (Å²) in [5.41, 5.74) is 7.53. The van der Waals surface area contributed by atoms with E-state index in [1.54, 1.807) is 12.1 Å². The fraction of sp³-hybridized carbons (Fsp3) is 0.538. The van der Waals surface area contributed by atoms with Crippen LogP contribution < -0.4 is 5.73 Å². The van der Waals surface area contributed by atoms with Gasteiger partial charge in [0.1, 0.15) is 5.75 Å². The van der Waals surface area contributed by atoms with E-state index in [9.17, 15) is 0 Å². The molecular formula is C13H21NO. The summed E-state index contributed by atoms with van der Waals surface area (Å²) < 4.78 is 0. The third-order valence-corrected chi connectivity index (χ3v) is 2.31. The van der Waals surface area contributed by atoms with Crippen molar-refractivity contribution >= 4 is 0 Å². The molecule has 0 unspecified atom stereocenters. The van der Waals surface area contributed by atoms with E-state index < -0.39 is 0 Å². The van der Waals surface area contributed by atoms with Gasteiger partial charge in [-0.05, 0) is 36.0 Å². The average molecular weight is 207 g/mol. The number of nitrogens with two attached hydrogens (primary N) is 1. The van der Waals surface area contributed by atoms with E-state index in [1.165, 1.54) is 5.56 Å². The van der Waals surface area contributed by atoms with Crippen LogP contribution in [0.5, 0.6) is 5.75 Å². The van der Waals surface area contributed by atoms with Crippen LogP contribution in [0.3, 0.4) is 0 Å². The second-order valence-electron chi connectivity index (χ2n) is 5.40. The van der Waals surface area contributed by atoms with Crippen molar-refractivity contribution in [3.05, 3.63) is 29.8 Å². The van der Waals surface area contributed by atoms with Gasteiger partial charge in [0.05, 0.1) is 0 Å². The minimum atomic E-state index is 0.189. The highest BCUT2D eigenvalue weighted by atomic mass is 16.3. The number of phenolic OH excluding ortho intramolecular Hbond substituents is 1. The van der Waals surface area contributed by atoms with Crippen LogP contribution in [0.25, 0.3) is 0 Å². The molecule has 0 aliphatic rings. The Labute approximate surface area is 92.1 Å². The first-order chi connectivity index (χ1) is 6.87. The number of hydrogen-bond donors (Lipinski definition) is 2. The van der Waals surface area contributed by atoms with Crippen molar-refractivity contribution in [1.29, 1.82) is 0 Å². The van der Waals surface area contributed by atoms with Gasteiger partial charge in [-0.15, -0.1) is 0 Å². The summed E-state index contributed by atoms with van der Waals surface area (Å²) >= 11 is 0. The lowest BCUT2D eigenvalue weighted by Gasteiger charge is -2.23. The molecule has 2 nitrogen and oxygen atoms in total. The summed E-state index contributed by atoms with van der Waals surface area (Å²) in [6, 6.07) is 7.46. The summed E-state index contributed by atoms with van der Waals surface area (Å²) in [6.45, 7) is 6.59. The molecule has 0 aromatic heterocycles. The second-order valence-corrected chi connectivity index (χ2v) is 5.40. The van der Waals surface area contributed by atoms with Gasteiger partial charge in [0.2, 0.25) is 0 Å². The molecule has 0 radical (unpaired) electrons. The number of benzene rings is 1. The molecule has 0 bridgehead atoms. The van der Waals surface area contributed by atoms with Gasteiger partial charge in [0.15, 0.2) is 0 Å². The first-order valence-corrected chi connectivity index (χ1v) is 5.40. The fourth-order valence-corrected chi connectivity index (χ4v) is 1.79. The fourth-order valence-electron chi connectivity index (χ4n) is 1.79. The van der Waals surface area contributed by atoms with Crippen LogP contribution in [0.2, 0.25) is 0 Å². The molecule has 84 valence electrons. The van der Waals surface area contributed by atoms with Crippen molar-refractivity contribution < 1.29 is 5.11 Å². The van der Waals surface area contributed by atoms with Gasteiger partial charge in [-0.3, -0.25) is 0 Å². The lowest BCUT2D eigenvalue weighted by molar-refractivity contribution is 0.338. The maximum atomic E-state index is 9.15. The normalized spacial score (nSPS) is 13.9. The van der Waals surface area contributed by atoms with Gasteiger partial charge in [-0.1, -0.05) is 32.9 Å². The quantitative estimate of drug-likeness (QED) is 0.800. The van der Waals surface area contributed by atoms with E-state index in [-0.39, 0.29) is 11.5 Å². The van der Waals surface area contributed by atoms with E-state index in [0.717, 1.165) is 12.8 Å². The summed E-state index contributed by atoms with van der Waals surface area (Å²) in [4.78, 5) is 0. The zero-order valence-electron chi connectivity index (χ0n) is 9.83. The first kappa shape index (κ1) is 12.1. The van der Waals surface area contributed by atoms with Crippen LogP contribution in [0.4, 0.5) is 0 Å². The molecule has 0 fully saturated rings. The number of hydrogen-bond acceptors (Lipinski definition) is 2. The molecule has 0 spiro atoms. The number of rotatable bonds is 3. The summed E-state index contributed by atoms with van der Waals surface area (Å²) in [5.74, 6) is 0.308. The molecule has 0 aliphatic carbocycles. The molecule has 15 heavy (non-hydrogen) atoms. The molecule has 1 aromatic carbocycles. The van der Waals surface area contributed by atoms with Crippen LogP contribution in [0, 0.1) is 5.41 Å². The minimum Gasteiger partial charge on any atom is -0.508 e. The van der Waals surface area contributed by atoms with E-state index in [0.29, 0.717) is 5.75 Å². The summed E-state index contributed by atoms with van der Waals surface area (Å²) in [7, 11) is 0. The molecule has 3 N–H and O–H groups in total. The molecular weight excluding hydrogens is 186 g/mol. The van der Waals surface area contributed by atoms with Gasteiger partial charge in [-0.2, -0.15) is 0 Å². The highest BCUT2D eigenvalue weighted by Gasteiger charge is 2.15. The summed E-state index contributed by atoms with van der Waals surface area (Å²) in [5, 5.41) is 9.15. The topological polar surface area (TPSA) is 46.2 Å². The average Bonchev–Trinajstić information content (AvgIpc) is 2.05. The standard InChI is InChI=1S/C13H21NO/c1-13(2,3)9-11(14)8-10-4-6-12(15)7-5-10/h4-7,11,15H,8-9,14H2,1-3H3/t11-/m1/s1. The molecule has 0 heterocycles. The predicted molar refractivity (Wildman–Crippen MR) is 63.9 cm³/mol. The molecule has 1 atom stereocenters. The van der Waals surface area contributed by atoms with Crippen molar-refractivity contribution in [2.24, 2.45) is 11.1 Å². The Balaban J connectivity index is 2.51. The molecule has 2 heteroatoms. The SMILES string of the molecule is CC(C)(C)C[C@H](N)Cc1ccc(O)cc1. The Kier molecular flexibility index (Phi) is 3.75. The third kappa shape index (κ3) is 4.84. The summed E-state index contributed by atoms with van der Waals surface area (Å²) in [6.07, 6.45) is 1.88. The predicted octanol–water partition coefficient (Wildman–Crippen LogP) is 2.70. The highest BCUT2D eigenvalue weighted by Crippen LogP contribution is 2.21. The number of aromatic hydroxyl groups is 1. The Morgan fingerprint density at radius 1 is 1.20 bits per heavy atom. The van der Waals surface area contributed by atoms with Crippen LogP contribution in [0.1, 0.15) is 32.8 Å². The van der Waals surface area contributed by atoms with Crippen LogP contribution in [-0.2, 0) is 6.42 Å². The van der Waals surface area contributed by atoms with Crippen molar-refractivity contribution in [2.45, 2.75) is 39.7 Å². The Hall–Kier alpha value is -1.02. The van der Waals surface area contributed by atoms with Crippen molar-refractivity contribution in [3.63, 3.8) is 0 Å². The smallest absolute Gasteiger partial charge is 0.115 e. The largest absolute Gasteiger partial charge is 0.508 e. The second kappa shape index (κ2) is 4.67. The van der Waals surface area contributed by atoms with E-state index >= 15 is 0 Å². The molecule has 0 saturated carbocycles. The molecule has 1 rings (SSSR count). The maximum absolute atomic E-state index is 9.15. The zero-order valence-corrected chi connectivity index (χ0v) is 9.83. The molecule has 0 amide bonds. The molecule has 0 aliphatic heterocycles. The van der Waals surface area contributed by atoms with Gasteiger partial charge in [0, 0.05) is 6.04 Å². The van der Waals surface area contributed by atoms with Crippen molar-refractivity contribution in [1.82, 2.24) is 0 Å².